The molecular formula is C12H15F3N2OS. The first-order chi connectivity index (χ1) is 8.79. The van der Waals surface area contributed by atoms with Gasteiger partial charge in [-0.25, -0.2) is 0 Å². The van der Waals surface area contributed by atoms with Crippen LogP contribution in [0.3, 0.4) is 0 Å². The van der Waals surface area contributed by atoms with E-state index in [9.17, 15) is 18.0 Å². The summed E-state index contributed by atoms with van der Waals surface area (Å²) >= 11 is 1.23. The second kappa shape index (κ2) is 5.03. The highest BCUT2D eigenvalue weighted by molar-refractivity contribution is 7.14. The third-order valence-corrected chi connectivity index (χ3v) is 4.39. The highest BCUT2D eigenvalue weighted by atomic mass is 32.1. The molecule has 0 aliphatic carbocycles. The number of aryl methyl sites for hydroxylation is 1. The number of amides is 1. The summed E-state index contributed by atoms with van der Waals surface area (Å²) in [6.07, 6.45) is -3.75. The van der Waals surface area contributed by atoms with E-state index in [-0.39, 0.29) is 18.9 Å². The number of hydrogen-bond donors (Lipinski definition) is 1. The Kier molecular flexibility index (Phi) is 3.75. The average molecular weight is 292 g/mol. The smallest absolute Gasteiger partial charge is 0.393 e. The molecule has 1 aromatic rings. The van der Waals surface area contributed by atoms with Crippen molar-refractivity contribution in [2.45, 2.75) is 25.9 Å². The summed E-state index contributed by atoms with van der Waals surface area (Å²) in [6.45, 7) is 1.91. The lowest BCUT2D eigenvalue weighted by Gasteiger charge is -2.33. The Hall–Kier alpha value is -1.24. The fraction of sp³-hybridized carbons (Fsp3) is 0.583. The van der Waals surface area contributed by atoms with Gasteiger partial charge < -0.3 is 10.6 Å². The molecule has 1 unspecified atom stereocenters. The molecular weight excluding hydrogens is 277 g/mol. The van der Waals surface area contributed by atoms with Crippen LogP contribution in [0.25, 0.3) is 0 Å². The average Bonchev–Trinajstić information content (AvgIpc) is 2.68. The van der Waals surface area contributed by atoms with Crippen molar-refractivity contribution in [2.24, 2.45) is 5.92 Å². The number of nitrogens with zero attached hydrogens (tertiary/aromatic N) is 1. The molecule has 2 N–H and O–H groups in total. The van der Waals surface area contributed by atoms with E-state index in [4.69, 9.17) is 5.73 Å². The van der Waals surface area contributed by atoms with Gasteiger partial charge in [-0.15, -0.1) is 11.3 Å². The molecule has 1 atom stereocenters. The first kappa shape index (κ1) is 14.2. The Bertz CT molecular complexity index is 464. The van der Waals surface area contributed by atoms with E-state index < -0.39 is 12.1 Å². The maximum atomic E-state index is 12.7. The van der Waals surface area contributed by atoms with Gasteiger partial charge in [0.15, 0.2) is 0 Å². The van der Waals surface area contributed by atoms with Gasteiger partial charge in [0.05, 0.1) is 10.8 Å². The van der Waals surface area contributed by atoms with Crippen molar-refractivity contribution < 1.29 is 18.0 Å². The van der Waals surface area contributed by atoms with E-state index in [2.05, 4.69) is 0 Å². The quantitative estimate of drug-likeness (QED) is 0.864. The maximum Gasteiger partial charge on any atom is 0.393 e. The summed E-state index contributed by atoms with van der Waals surface area (Å²) in [6, 6.07) is 1.54. The summed E-state index contributed by atoms with van der Waals surface area (Å²) in [5.41, 5.74) is 6.18. The van der Waals surface area contributed by atoms with Crippen LogP contribution in [0.2, 0.25) is 0 Å². The minimum Gasteiger partial charge on any atom is -0.398 e. The molecule has 1 amide bonds. The lowest BCUT2D eigenvalue weighted by molar-refractivity contribution is -0.184. The van der Waals surface area contributed by atoms with Crippen molar-refractivity contribution in [3.8, 4) is 0 Å². The van der Waals surface area contributed by atoms with Crippen molar-refractivity contribution in [1.29, 1.82) is 0 Å². The number of piperidine rings is 1. The third-order valence-electron chi connectivity index (χ3n) is 3.34. The molecule has 1 aliphatic heterocycles. The summed E-state index contributed by atoms with van der Waals surface area (Å²) in [7, 11) is 0. The van der Waals surface area contributed by atoms with Gasteiger partial charge in [0, 0.05) is 23.7 Å². The predicted molar refractivity (Wildman–Crippen MR) is 68.2 cm³/mol. The van der Waals surface area contributed by atoms with Crippen molar-refractivity contribution in [3.63, 3.8) is 0 Å². The fourth-order valence-corrected chi connectivity index (χ4v) is 3.10. The SMILES string of the molecule is Cc1sc(C(=O)N2CCCC(C(F)(F)F)C2)cc1N. The van der Waals surface area contributed by atoms with E-state index in [0.29, 0.717) is 23.5 Å². The van der Waals surface area contributed by atoms with Crippen LogP contribution in [0.4, 0.5) is 18.9 Å². The molecule has 19 heavy (non-hydrogen) atoms. The molecule has 2 heterocycles. The first-order valence-corrected chi connectivity index (χ1v) is 6.82. The largest absolute Gasteiger partial charge is 0.398 e. The first-order valence-electron chi connectivity index (χ1n) is 6.01. The third kappa shape index (κ3) is 3.02. The standard InChI is InChI=1S/C12H15F3N2OS/c1-7-9(16)5-10(19-7)11(18)17-4-2-3-8(6-17)12(13,14)15/h5,8H,2-4,6,16H2,1H3. The molecule has 0 spiro atoms. The lowest BCUT2D eigenvalue weighted by atomic mass is 9.97. The van der Waals surface area contributed by atoms with E-state index in [1.807, 2.05) is 0 Å². The van der Waals surface area contributed by atoms with E-state index in [0.717, 1.165) is 4.88 Å². The van der Waals surface area contributed by atoms with E-state index >= 15 is 0 Å². The zero-order valence-corrected chi connectivity index (χ0v) is 11.3. The monoisotopic (exact) mass is 292 g/mol. The number of nitrogens with two attached hydrogens (primary N) is 1. The molecule has 0 aromatic carbocycles. The van der Waals surface area contributed by atoms with Crippen LogP contribution in [0, 0.1) is 12.8 Å². The van der Waals surface area contributed by atoms with Crippen molar-refractivity contribution in [3.05, 3.63) is 15.8 Å². The van der Waals surface area contributed by atoms with Crippen LogP contribution in [0.1, 0.15) is 27.4 Å². The van der Waals surface area contributed by atoms with Crippen molar-refractivity contribution in [1.82, 2.24) is 4.90 Å². The van der Waals surface area contributed by atoms with Crippen LogP contribution in [0.15, 0.2) is 6.07 Å². The topological polar surface area (TPSA) is 46.3 Å². The number of rotatable bonds is 1. The number of halogens is 3. The summed E-state index contributed by atoms with van der Waals surface area (Å²) in [5, 5.41) is 0. The van der Waals surface area contributed by atoms with Gasteiger partial charge in [0.1, 0.15) is 0 Å². The Balaban J connectivity index is 2.11. The lowest BCUT2D eigenvalue weighted by Crippen LogP contribution is -2.44. The number of anilines is 1. The van der Waals surface area contributed by atoms with Gasteiger partial charge in [0.25, 0.3) is 5.91 Å². The highest BCUT2D eigenvalue weighted by Gasteiger charge is 2.42. The van der Waals surface area contributed by atoms with Crippen LogP contribution in [-0.2, 0) is 0 Å². The van der Waals surface area contributed by atoms with E-state index in [1.165, 1.54) is 16.2 Å². The number of likely N-dealkylation sites (tertiary alicyclic amines) is 1. The minimum absolute atomic E-state index is 0.0961. The van der Waals surface area contributed by atoms with Crippen LogP contribution < -0.4 is 5.73 Å². The second-order valence-corrected chi connectivity index (χ2v) is 6.01. The molecule has 106 valence electrons. The summed E-state index contributed by atoms with van der Waals surface area (Å²) in [5.74, 6) is -1.76. The normalized spacial score (nSPS) is 20.6. The molecule has 2 rings (SSSR count). The van der Waals surface area contributed by atoms with Crippen LogP contribution >= 0.6 is 11.3 Å². The molecule has 1 aliphatic rings. The van der Waals surface area contributed by atoms with Gasteiger partial charge in [-0.3, -0.25) is 4.79 Å². The van der Waals surface area contributed by atoms with E-state index in [1.54, 1.807) is 13.0 Å². The summed E-state index contributed by atoms with van der Waals surface area (Å²) < 4.78 is 38.1. The fourth-order valence-electron chi connectivity index (χ4n) is 2.19. The van der Waals surface area contributed by atoms with Crippen molar-refractivity contribution >= 4 is 22.9 Å². The Morgan fingerprint density at radius 2 is 2.21 bits per heavy atom. The Morgan fingerprint density at radius 1 is 1.53 bits per heavy atom. The maximum absolute atomic E-state index is 12.7. The Morgan fingerprint density at radius 3 is 2.74 bits per heavy atom. The molecule has 3 nitrogen and oxygen atoms in total. The number of thiophene rings is 1. The number of carbonyl (C=O) groups is 1. The number of nitrogen functional groups attached to an aromatic ring is 1. The number of hydrogen-bond acceptors (Lipinski definition) is 3. The zero-order valence-electron chi connectivity index (χ0n) is 10.5. The predicted octanol–water partition coefficient (Wildman–Crippen LogP) is 3.05. The van der Waals surface area contributed by atoms with Crippen LogP contribution in [-0.4, -0.2) is 30.1 Å². The molecule has 0 bridgehead atoms. The molecule has 1 saturated heterocycles. The van der Waals surface area contributed by atoms with Crippen molar-refractivity contribution in [2.75, 3.05) is 18.8 Å². The van der Waals surface area contributed by atoms with Gasteiger partial charge >= 0.3 is 6.18 Å². The highest BCUT2D eigenvalue weighted by Crippen LogP contribution is 2.34. The molecule has 7 heteroatoms. The molecule has 1 aromatic heterocycles. The molecule has 0 saturated carbocycles. The second-order valence-electron chi connectivity index (χ2n) is 4.75. The van der Waals surface area contributed by atoms with Gasteiger partial charge in [0.2, 0.25) is 0 Å². The van der Waals surface area contributed by atoms with Gasteiger partial charge in [-0.1, -0.05) is 0 Å². The van der Waals surface area contributed by atoms with Gasteiger partial charge in [-0.2, -0.15) is 13.2 Å². The number of alkyl halides is 3. The minimum atomic E-state index is -4.23. The van der Waals surface area contributed by atoms with Gasteiger partial charge in [-0.05, 0) is 25.8 Å². The number of carbonyl (C=O) groups excluding carboxylic acids is 1. The molecule has 0 radical (unpaired) electrons. The molecule has 1 fully saturated rings. The van der Waals surface area contributed by atoms with Crippen LogP contribution in [0.5, 0.6) is 0 Å². The zero-order chi connectivity index (χ0) is 14.2. The Labute approximate surface area is 113 Å². The summed E-state index contributed by atoms with van der Waals surface area (Å²) in [4.78, 5) is 14.7.